The number of halogens is 3. The normalized spacial score (nSPS) is 10.5. The fourth-order valence-electron chi connectivity index (χ4n) is 11.9. The van der Waals surface area contributed by atoms with E-state index in [1.165, 1.54) is 6.20 Å². The van der Waals surface area contributed by atoms with Crippen LogP contribution in [0.4, 0.5) is 46.5 Å². The van der Waals surface area contributed by atoms with Crippen molar-refractivity contribution in [3.63, 3.8) is 0 Å². The van der Waals surface area contributed by atoms with Gasteiger partial charge in [-0.25, -0.2) is 59.8 Å². The first kappa shape index (κ1) is 80.8. The molecule has 580 valence electrons. The van der Waals surface area contributed by atoms with Gasteiger partial charge < -0.3 is 47.3 Å². The Morgan fingerprint density at radius 1 is 0.305 bits per heavy atom. The zero-order chi connectivity index (χ0) is 81.8. The molecule has 16 rings (SSSR count). The summed E-state index contributed by atoms with van der Waals surface area (Å²) in [7, 11) is 1.64. The van der Waals surface area contributed by atoms with E-state index < -0.39 is 0 Å². The quantitative estimate of drug-likeness (QED) is 0.0246. The first-order valence-electron chi connectivity index (χ1n) is 37.2. The predicted molar refractivity (Wildman–Crippen MR) is 470 cm³/mol. The van der Waals surface area contributed by atoms with E-state index in [-0.39, 0.29) is 0 Å². The molecule has 8 aromatic heterocycles. The van der Waals surface area contributed by atoms with Gasteiger partial charge in [0.25, 0.3) is 0 Å². The molecule has 8 N–H and O–H groups in total. The molecule has 0 saturated heterocycles. The zero-order valence-electron chi connectivity index (χ0n) is 63.7. The zero-order valence-corrected chi connectivity index (χ0v) is 65.9. The van der Waals surface area contributed by atoms with Crippen LogP contribution < -0.4 is 47.3 Å². The molecule has 28 heteroatoms. The third kappa shape index (κ3) is 21.7. The molecule has 0 saturated carbocycles. The smallest absolute Gasteiger partial charge is 0.163 e. The largest absolute Gasteiger partial charge is 0.497 e. The molecule has 0 unspecified atom stereocenters. The molecular formula is C90H73Cl3N24O. The predicted octanol–water partition coefficient (Wildman–Crippen LogP) is 18.6. The van der Waals surface area contributed by atoms with Crippen LogP contribution in [0.5, 0.6) is 5.75 Å². The summed E-state index contributed by atoms with van der Waals surface area (Å²) in [5.74, 6) is 9.30. The minimum Gasteiger partial charge on any atom is -0.497 e. The van der Waals surface area contributed by atoms with Crippen molar-refractivity contribution in [1.29, 1.82) is 21.0 Å². The van der Waals surface area contributed by atoms with Gasteiger partial charge in [-0.2, -0.15) is 21.0 Å². The number of nitrogens with one attached hydrogen (secondary N) is 8. The lowest BCUT2D eigenvalue weighted by Crippen LogP contribution is -2.15. The standard InChI is InChI=1S/C23H20N6O.C23H20N6.C22H16Cl2N6.C22H17ClN6/c1-30-18-9-7-17(8-10-18)22-28-20-5-3-2-4-19(20)23(29-22)26-13-12-25-21-11-6-16(14-24)15-27-21;1-16-6-2-3-7-18(16)23-28-20-9-5-4-8-19(20)22(29-23)26-13-12-25-21-11-10-17(14-24)15-27-21;23-15-6-7-16(18(24)11-15)22-29-19-4-2-1-3-17(19)21(30-22)27-10-9-26-20-8-5-14(12-25)13-28-20;23-17-8-6-16(7-9-17)21-28-19-4-2-1-3-18(19)22(29-21)26-12-11-25-20-10-5-15(13-24)14-27-20/h2-11,15H,12-13H2,1H3,(H,25,27)(H,26,28,29);2-11,15H,12-13H2,1H3,(H,25,27)(H,26,28,29);1-8,11,13H,9-10H2,(H,26,28)(H,27,29,30);1-10,14H,11-12H2,(H,25,27)(H,26,28,29). The molecule has 0 bridgehead atoms. The molecule has 0 spiro atoms. The van der Waals surface area contributed by atoms with Gasteiger partial charge in [-0.1, -0.05) is 108 Å². The Morgan fingerprint density at radius 3 is 0.941 bits per heavy atom. The molecule has 8 aromatic carbocycles. The summed E-state index contributed by atoms with van der Waals surface area (Å²) < 4.78 is 5.23. The second kappa shape index (κ2) is 40.5. The average Bonchev–Trinajstić information content (AvgIpc) is 0.805. The first-order chi connectivity index (χ1) is 57.9. The van der Waals surface area contributed by atoms with Gasteiger partial charge in [-0.15, -0.1) is 0 Å². The highest BCUT2D eigenvalue weighted by Gasteiger charge is 2.17. The van der Waals surface area contributed by atoms with Crippen molar-refractivity contribution < 1.29 is 4.74 Å². The van der Waals surface area contributed by atoms with Crippen LogP contribution in [0, 0.1) is 52.2 Å². The van der Waals surface area contributed by atoms with E-state index in [4.69, 9.17) is 90.5 Å². The van der Waals surface area contributed by atoms with Gasteiger partial charge in [-0.05, 0) is 176 Å². The number of hydrogen-bond acceptors (Lipinski definition) is 25. The van der Waals surface area contributed by atoms with Crippen LogP contribution in [0.2, 0.25) is 15.1 Å². The fourth-order valence-corrected chi connectivity index (χ4v) is 12.5. The van der Waals surface area contributed by atoms with E-state index in [0.717, 1.165) is 118 Å². The lowest BCUT2D eigenvalue weighted by Gasteiger charge is -2.12. The van der Waals surface area contributed by atoms with Gasteiger partial charge in [0, 0.05) is 131 Å². The third-order valence-electron chi connectivity index (χ3n) is 17.9. The molecule has 16 aromatic rings. The summed E-state index contributed by atoms with van der Waals surface area (Å²) in [5, 5.41) is 67.4. The Bertz CT molecular complexity index is 6310. The molecular weight excluding hydrogens is 1540 g/mol. The number of nitrogens with zero attached hydrogens (tertiary/aromatic N) is 16. The van der Waals surface area contributed by atoms with Crippen LogP contribution in [0.25, 0.3) is 89.2 Å². The first-order valence-corrected chi connectivity index (χ1v) is 38.4. The number of aryl methyl sites for hydroxylation is 1. The highest BCUT2D eigenvalue weighted by molar-refractivity contribution is 6.36. The van der Waals surface area contributed by atoms with Crippen LogP contribution in [0.1, 0.15) is 27.8 Å². The maximum atomic E-state index is 8.85. The Hall–Kier alpha value is -15.3. The van der Waals surface area contributed by atoms with Crippen LogP contribution in [0.3, 0.4) is 0 Å². The summed E-state index contributed by atoms with van der Waals surface area (Å²) >= 11 is 18.4. The van der Waals surface area contributed by atoms with Gasteiger partial charge in [0.1, 0.15) is 76.6 Å². The third-order valence-corrected chi connectivity index (χ3v) is 18.7. The van der Waals surface area contributed by atoms with E-state index in [1.807, 2.05) is 170 Å². The number of methoxy groups -OCH3 is 1. The molecule has 0 radical (unpaired) electrons. The molecule has 0 fully saturated rings. The van der Waals surface area contributed by atoms with Gasteiger partial charge in [-0.3, -0.25) is 0 Å². The van der Waals surface area contributed by atoms with Crippen molar-refractivity contribution >= 4 is 125 Å². The summed E-state index contributed by atoms with van der Waals surface area (Å²) in [6, 6.07) is 82.5. The lowest BCUT2D eigenvalue weighted by molar-refractivity contribution is 0.415. The Balaban J connectivity index is 0.000000136. The number of para-hydroxylation sites is 4. The number of hydrogen-bond donors (Lipinski definition) is 8. The number of nitriles is 4. The number of benzene rings is 8. The topological polar surface area (TPSA) is 355 Å². The van der Waals surface area contributed by atoms with E-state index in [1.54, 1.807) is 86.4 Å². The Morgan fingerprint density at radius 2 is 0.610 bits per heavy atom. The van der Waals surface area contributed by atoms with Crippen molar-refractivity contribution in [2.24, 2.45) is 0 Å². The number of fused-ring (bicyclic) bond motifs is 4. The maximum Gasteiger partial charge on any atom is 0.163 e. The number of pyridine rings is 4. The molecule has 0 aliphatic heterocycles. The Kier molecular flexibility index (Phi) is 27.7. The van der Waals surface area contributed by atoms with Crippen LogP contribution in [-0.4, -0.2) is 119 Å². The van der Waals surface area contributed by atoms with Gasteiger partial charge in [0.2, 0.25) is 0 Å². The molecule has 0 aliphatic rings. The van der Waals surface area contributed by atoms with Crippen molar-refractivity contribution in [3.05, 3.63) is 304 Å². The maximum absolute atomic E-state index is 8.85. The molecule has 118 heavy (non-hydrogen) atoms. The molecule has 0 amide bonds. The highest BCUT2D eigenvalue weighted by Crippen LogP contribution is 2.34. The summed E-state index contributed by atoms with van der Waals surface area (Å²) in [6.45, 7) is 7.20. The minimum absolute atomic E-state index is 0.497. The summed E-state index contributed by atoms with van der Waals surface area (Å²) in [5.41, 5.74) is 10.3. The van der Waals surface area contributed by atoms with E-state index in [0.29, 0.717) is 119 Å². The van der Waals surface area contributed by atoms with Crippen molar-refractivity contribution in [3.8, 4) is 75.6 Å². The second-order valence-electron chi connectivity index (χ2n) is 25.9. The van der Waals surface area contributed by atoms with Crippen LogP contribution in [-0.2, 0) is 0 Å². The second-order valence-corrected chi connectivity index (χ2v) is 27.2. The van der Waals surface area contributed by atoms with Gasteiger partial charge >= 0.3 is 0 Å². The number of rotatable bonds is 25. The van der Waals surface area contributed by atoms with E-state index >= 15 is 0 Å². The van der Waals surface area contributed by atoms with Crippen molar-refractivity contribution in [2.45, 2.75) is 6.92 Å². The van der Waals surface area contributed by atoms with E-state index in [9.17, 15) is 0 Å². The van der Waals surface area contributed by atoms with E-state index in [2.05, 4.69) is 110 Å². The number of ether oxygens (including phenoxy) is 1. The molecule has 0 atom stereocenters. The monoisotopic (exact) mass is 1610 g/mol. The summed E-state index contributed by atoms with van der Waals surface area (Å²) in [4.78, 5) is 54.6. The van der Waals surface area contributed by atoms with Crippen molar-refractivity contribution in [2.75, 3.05) is 102 Å². The lowest BCUT2D eigenvalue weighted by atomic mass is 10.1. The van der Waals surface area contributed by atoms with Gasteiger partial charge in [0.05, 0.1) is 56.5 Å². The molecule has 8 heterocycles. The minimum atomic E-state index is 0.497. The molecule has 0 aliphatic carbocycles. The SMILES string of the molecule is COc1ccc(-c2nc(NCCNc3ccc(C#N)cn3)c3ccccc3n2)cc1.Cc1ccccc1-c1nc(NCCNc2ccc(C#N)cn2)c2ccccc2n1.N#Cc1ccc(NCCNc2nc(-c3ccc(Cl)cc3)nc3ccccc23)nc1.N#Cc1ccc(NCCNc2nc(-c3ccc(Cl)cc3Cl)nc3ccccc23)nc1. The molecule has 25 nitrogen and oxygen atoms in total. The average molecular weight is 1610 g/mol. The highest BCUT2D eigenvalue weighted by atomic mass is 35.5. The number of aromatic nitrogens is 12. The van der Waals surface area contributed by atoms with Crippen LogP contribution in [0.15, 0.2) is 261 Å². The van der Waals surface area contributed by atoms with Gasteiger partial charge in [0.15, 0.2) is 23.3 Å². The fraction of sp³-hybridized carbons (Fsp3) is 0.111. The Labute approximate surface area is 695 Å². The summed E-state index contributed by atoms with van der Waals surface area (Å²) in [6.07, 6.45) is 6.19. The van der Waals surface area contributed by atoms with Crippen LogP contribution >= 0.6 is 34.8 Å². The van der Waals surface area contributed by atoms with Crippen molar-refractivity contribution in [1.82, 2.24) is 59.8 Å². The number of anilines is 8.